The van der Waals surface area contributed by atoms with Crippen LogP contribution in [0, 0.1) is 5.92 Å². The molecule has 7 heteroatoms. The van der Waals surface area contributed by atoms with Crippen molar-refractivity contribution in [1.29, 1.82) is 0 Å². The minimum atomic E-state index is -0.203. The fourth-order valence-corrected chi connectivity index (χ4v) is 3.78. The van der Waals surface area contributed by atoms with Crippen molar-refractivity contribution in [2.24, 2.45) is 11.7 Å². The number of furan rings is 1. The Balaban J connectivity index is 1.39. The van der Waals surface area contributed by atoms with Crippen LogP contribution in [-0.2, 0) is 11.3 Å². The average molecular weight is 362 g/mol. The number of amides is 2. The van der Waals surface area contributed by atoms with Gasteiger partial charge >= 0.3 is 0 Å². The summed E-state index contributed by atoms with van der Waals surface area (Å²) in [5.41, 5.74) is 5.37. The maximum absolute atomic E-state index is 12.2. The molecule has 0 spiro atoms. The largest absolute Gasteiger partial charge is 0.455 e. The van der Waals surface area contributed by atoms with Crippen molar-refractivity contribution >= 4 is 11.8 Å². The van der Waals surface area contributed by atoms with Gasteiger partial charge in [0.15, 0.2) is 5.76 Å². The molecule has 7 nitrogen and oxygen atoms in total. The number of nitrogens with zero attached hydrogens (tertiary/aromatic N) is 2. The Bertz CT molecular complexity index is 602. The van der Waals surface area contributed by atoms with Gasteiger partial charge in [0.1, 0.15) is 5.76 Å². The fraction of sp³-hybridized carbons (Fsp3) is 0.684. The number of hydrogen-bond donors (Lipinski definition) is 2. The van der Waals surface area contributed by atoms with Crippen molar-refractivity contribution in [2.45, 2.75) is 38.6 Å². The van der Waals surface area contributed by atoms with Gasteiger partial charge in [-0.25, -0.2) is 0 Å². The molecule has 0 aromatic carbocycles. The van der Waals surface area contributed by atoms with E-state index >= 15 is 0 Å². The number of hydrogen-bond acceptors (Lipinski definition) is 5. The highest BCUT2D eigenvalue weighted by atomic mass is 16.4. The van der Waals surface area contributed by atoms with Crippen molar-refractivity contribution < 1.29 is 14.0 Å². The summed E-state index contributed by atoms with van der Waals surface area (Å²) in [4.78, 5) is 28.1. The lowest BCUT2D eigenvalue weighted by Gasteiger charge is -2.29. The first-order chi connectivity index (χ1) is 12.6. The summed E-state index contributed by atoms with van der Waals surface area (Å²) in [6.07, 6.45) is 5.41. The molecule has 0 bridgehead atoms. The summed E-state index contributed by atoms with van der Waals surface area (Å²) in [6.45, 7) is 6.12. The van der Waals surface area contributed by atoms with Gasteiger partial charge in [-0.05, 0) is 64.0 Å². The second kappa shape index (κ2) is 9.19. The molecule has 2 aliphatic heterocycles. The van der Waals surface area contributed by atoms with E-state index in [2.05, 4.69) is 15.1 Å². The standard InChI is InChI=1S/C19H30N4O3/c20-18(24)15-6-11-23(12-7-15)14-16-4-5-17(26-16)19(25)21-8-13-22-9-2-1-3-10-22/h4-5,15H,1-3,6-14H2,(H2,20,24)(H,21,25). The molecular formula is C19H30N4O3. The van der Waals surface area contributed by atoms with E-state index in [0.29, 0.717) is 18.8 Å². The number of nitrogens with two attached hydrogens (primary N) is 1. The molecular weight excluding hydrogens is 332 g/mol. The Hall–Kier alpha value is -1.86. The van der Waals surface area contributed by atoms with Gasteiger partial charge in [0.25, 0.3) is 5.91 Å². The summed E-state index contributed by atoms with van der Waals surface area (Å²) in [5.74, 6) is 0.783. The molecule has 144 valence electrons. The predicted octanol–water partition coefficient (Wildman–Crippen LogP) is 1.19. The first-order valence-corrected chi connectivity index (χ1v) is 9.73. The molecule has 2 fully saturated rings. The van der Waals surface area contributed by atoms with Gasteiger partial charge in [-0.3, -0.25) is 14.5 Å². The lowest BCUT2D eigenvalue weighted by atomic mass is 9.96. The quantitative estimate of drug-likeness (QED) is 0.760. The van der Waals surface area contributed by atoms with Crippen LogP contribution < -0.4 is 11.1 Å². The minimum absolute atomic E-state index is 0.0101. The van der Waals surface area contributed by atoms with Crippen LogP contribution in [0.25, 0.3) is 0 Å². The third kappa shape index (κ3) is 5.32. The van der Waals surface area contributed by atoms with Crippen LogP contribution in [0.4, 0.5) is 0 Å². The maximum atomic E-state index is 12.2. The number of rotatable bonds is 7. The highest BCUT2D eigenvalue weighted by Crippen LogP contribution is 2.19. The second-order valence-corrected chi connectivity index (χ2v) is 7.38. The molecule has 3 rings (SSSR count). The third-order valence-corrected chi connectivity index (χ3v) is 5.42. The van der Waals surface area contributed by atoms with Crippen LogP contribution in [-0.4, -0.2) is 60.9 Å². The number of primary amides is 1. The summed E-state index contributed by atoms with van der Waals surface area (Å²) in [7, 11) is 0. The van der Waals surface area contributed by atoms with Gasteiger partial charge in [-0.15, -0.1) is 0 Å². The number of carbonyl (C=O) groups is 2. The van der Waals surface area contributed by atoms with Crippen LogP contribution >= 0.6 is 0 Å². The molecule has 3 N–H and O–H groups in total. The van der Waals surface area contributed by atoms with Crippen LogP contribution in [0.3, 0.4) is 0 Å². The summed E-state index contributed by atoms with van der Waals surface area (Å²) < 4.78 is 5.71. The van der Waals surface area contributed by atoms with Gasteiger partial charge < -0.3 is 20.4 Å². The normalized spacial score (nSPS) is 20.2. The minimum Gasteiger partial charge on any atom is -0.455 e. The monoisotopic (exact) mass is 362 g/mol. The van der Waals surface area contributed by atoms with E-state index < -0.39 is 0 Å². The van der Waals surface area contributed by atoms with Gasteiger partial charge in [0.2, 0.25) is 5.91 Å². The first-order valence-electron chi connectivity index (χ1n) is 9.73. The third-order valence-electron chi connectivity index (χ3n) is 5.42. The van der Waals surface area contributed by atoms with Gasteiger partial charge in [0.05, 0.1) is 6.54 Å². The molecule has 0 atom stereocenters. The van der Waals surface area contributed by atoms with Crippen LogP contribution in [0.5, 0.6) is 0 Å². The van der Waals surface area contributed by atoms with E-state index in [1.54, 1.807) is 6.07 Å². The molecule has 1 aromatic heterocycles. The van der Waals surface area contributed by atoms with E-state index in [0.717, 1.165) is 51.3 Å². The number of likely N-dealkylation sites (tertiary alicyclic amines) is 2. The average Bonchev–Trinajstić information content (AvgIpc) is 3.11. The zero-order chi connectivity index (χ0) is 18.4. The Morgan fingerprint density at radius 1 is 1.08 bits per heavy atom. The summed E-state index contributed by atoms with van der Waals surface area (Å²) in [5, 5.41) is 2.94. The highest BCUT2D eigenvalue weighted by Gasteiger charge is 2.24. The lowest BCUT2D eigenvalue weighted by molar-refractivity contribution is -0.123. The zero-order valence-corrected chi connectivity index (χ0v) is 15.4. The predicted molar refractivity (Wildman–Crippen MR) is 98.5 cm³/mol. The molecule has 0 saturated carbocycles. The topological polar surface area (TPSA) is 91.8 Å². The van der Waals surface area contributed by atoms with Crippen molar-refractivity contribution in [3.8, 4) is 0 Å². The van der Waals surface area contributed by atoms with E-state index in [1.807, 2.05) is 6.07 Å². The maximum Gasteiger partial charge on any atom is 0.287 e. The smallest absolute Gasteiger partial charge is 0.287 e. The van der Waals surface area contributed by atoms with Gasteiger partial charge in [-0.1, -0.05) is 6.42 Å². The van der Waals surface area contributed by atoms with E-state index in [9.17, 15) is 9.59 Å². The highest BCUT2D eigenvalue weighted by molar-refractivity contribution is 5.91. The van der Waals surface area contributed by atoms with Gasteiger partial charge in [-0.2, -0.15) is 0 Å². The van der Waals surface area contributed by atoms with E-state index in [1.165, 1.54) is 19.3 Å². The van der Waals surface area contributed by atoms with Crippen LogP contribution in [0.1, 0.15) is 48.4 Å². The summed E-state index contributed by atoms with van der Waals surface area (Å²) in [6, 6.07) is 3.60. The van der Waals surface area contributed by atoms with Crippen LogP contribution in [0.2, 0.25) is 0 Å². The number of piperidine rings is 2. The molecule has 2 aliphatic rings. The Kier molecular flexibility index (Phi) is 6.68. The Morgan fingerprint density at radius 2 is 1.81 bits per heavy atom. The fourth-order valence-electron chi connectivity index (χ4n) is 3.78. The molecule has 0 unspecified atom stereocenters. The number of nitrogens with one attached hydrogen (secondary N) is 1. The van der Waals surface area contributed by atoms with Crippen molar-refractivity contribution in [3.05, 3.63) is 23.7 Å². The summed E-state index contributed by atoms with van der Waals surface area (Å²) >= 11 is 0. The van der Waals surface area contributed by atoms with Crippen molar-refractivity contribution in [3.63, 3.8) is 0 Å². The lowest BCUT2D eigenvalue weighted by Crippen LogP contribution is -2.38. The molecule has 1 aromatic rings. The molecule has 3 heterocycles. The Morgan fingerprint density at radius 3 is 2.50 bits per heavy atom. The van der Waals surface area contributed by atoms with E-state index in [-0.39, 0.29) is 17.7 Å². The molecule has 26 heavy (non-hydrogen) atoms. The zero-order valence-electron chi connectivity index (χ0n) is 15.4. The van der Waals surface area contributed by atoms with E-state index in [4.69, 9.17) is 10.2 Å². The SMILES string of the molecule is NC(=O)C1CCN(Cc2ccc(C(=O)NCCN3CCCCC3)o2)CC1. The van der Waals surface area contributed by atoms with Crippen LogP contribution in [0.15, 0.2) is 16.5 Å². The van der Waals surface area contributed by atoms with Gasteiger partial charge in [0, 0.05) is 19.0 Å². The van der Waals surface area contributed by atoms with Crippen molar-refractivity contribution in [1.82, 2.24) is 15.1 Å². The molecule has 2 saturated heterocycles. The molecule has 0 aliphatic carbocycles. The second-order valence-electron chi connectivity index (χ2n) is 7.38. The number of carbonyl (C=O) groups excluding carboxylic acids is 2. The molecule has 2 amide bonds. The first kappa shape index (κ1) is 18.9. The van der Waals surface area contributed by atoms with Crippen molar-refractivity contribution in [2.75, 3.05) is 39.3 Å². The molecule has 0 radical (unpaired) electrons. The Labute approximate surface area is 154 Å².